The van der Waals surface area contributed by atoms with Gasteiger partial charge in [0.15, 0.2) is 0 Å². The summed E-state index contributed by atoms with van der Waals surface area (Å²) in [4.78, 5) is 25.2. The van der Waals surface area contributed by atoms with Gasteiger partial charge in [-0.05, 0) is 12.5 Å². The van der Waals surface area contributed by atoms with Gasteiger partial charge in [-0.3, -0.25) is 5.32 Å². The molecule has 1 aliphatic heterocycles. The highest BCUT2D eigenvalue weighted by Gasteiger charge is 2.73. The predicted octanol–water partition coefficient (Wildman–Crippen LogP) is 2.08. The highest BCUT2D eigenvalue weighted by atomic mass is 32.1. The molecule has 3 N–H and O–H groups in total. The van der Waals surface area contributed by atoms with E-state index in [4.69, 9.17) is 0 Å². The minimum absolute atomic E-state index is 0.264. The van der Waals surface area contributed by atoms with Crippen LogP contribution in [0.1, 0.15) is 27.7 Å². The van der Waals surface area contributed by atoms with Crippen molar-refractivity contribution in [3.05, 3.63) is 16.0 Å². The van der Waals surface area contributed by atoms with Crippen LogP contribution in [-0.2, 0) is 22.4 Å². The molecule has 30 heavy (non-hydrogen) atoms. The third-order valence-corrected chi connectivity index (χ3v) is 5.61. The maximum absolute atomic E-state index is 13.7. The van der Waals surface area contributed by atoms with E-state index < -0.39 is 47.2 Å². The Bertz CT molecular complexity index is 794. The molecule has 1 aromatic rings. The Hall–Kier alpha value is -2.22. The average molecular weight is 464 g/mol. The van der Waals surface area contributed by atoms with Crippen molar-refractivity contribution in [1.29, 1.82) is 0 Å². The molecule has 0 bridgehead atoms. The number of thiophene rings is 1. The number of amides is 1. The number of ether oxygens (including phenoxy) is 2. The van der Waals surface area contributed by atoms with Crippen molar-refractivity contribution in [3.8, 4) is 0 Å². The van der Waals surface area contributed by atoms with Gasteiger partial charge in [0.05, 0.1) is 37.7 Å². The number of quaternary nitrogens is 1. The molecule has 1 aromatic heterocycles. The van der Waals surface area contributed by atoms with Crippen molar-refractivity contribution in [2.45, 2.75) is 37.9 Å². The molecule has 0 spiro atoms. The number of esters is 1. The van der Waals surface area contributed by atoms with Crippen molar-refractivity contribution in [1.82, 2.24) is 5.32 Å². The quantitative estimate of drug-likeness (QED) is 0.353. The van der Waals surface area contributed by atoms with Gasteiger partial charge >= 0.3 is 30.1 Å². The van der Waals surface area contributed by atoms with Crippen LogP contribution in [0.2, 0.25) is 0 Å². The Morgan fingerprint density at radius 2 is 1.77 bits per heavy atom. The molecule has 0 saturated carbocycles. The molecule has 1 atom stereocenters. The Balaban J connectivity index is 2.65. The first-order valence-electron chi connectivity index (χ1n) is 8.68. The van der Waals surface area contributed by atoms with Gasteiger partial charge in [0.25, 0.3) is 0 Å². The second-order valence-electron chi connectivity index (χ2n) is 6.55. The summed E-state index contributed by atoms with van der Waals surface area (Å²) in [5.74, 6) is -1.08. The summed E-state index contributed by atoms with van der Waals surface area (Å²) in [5.41, 5.74) is -4.97. The van der Waals surface area contributed by atoms with Gasteiger partial charge in [-0.2, -0.15) is 26.3 Å². The maximum Gasteiger partial charge on any atom is 0.439 e. The summed E-state index contributed by atoms with van der Waals surface area (Å²) in [6, 6.07) is 0. The third kappa shape index (κ3) is 4.43. The zero-order valence-corrected chi connectivity index (χ0v) is 17.0. The van der Waals surface area contributed by atoms with E-state index in [2.05, 4.69) is 9.47 Å². The van der Waals surface area contributed by atoms with Gasteiger partial charge in [0, 0.05) is 6.42 Å². The summed E-state index contributed by atoms with van der Waals surface area (Å²) in [5, 5.41) is 1.52. The summed E-state index contributed by atoms with van der Waals surface area (Å²) in [6.45, 7) is 1.60. The largest absolute Gasteiger partial charge is 0.465 e. The summed E-state index contributed by atoms with van der Waals surface area (Å²) in [7, 11) is 2.76. The first-order valence-corrected chi connectivity index (χ1v) is 9.49. The average Bonchev–Trinajstić information content (AvgIpc) is 2.95. The lowest BCUT2D eigenvalue weighted by molar-refractivity contribution is -0.895. The molecule has 7 nitrogen and oxygen atoms in total. The van der Waals surface area contributed by atoms with Crippen molar-refractivity contribution >= 4 is 28.4 Å². The Morgan fingerprint density at radius 1 is 1.17 bits per heavy atom. The number of alkyl halides is 6. The van der Waals surface area contributed by atoms with Crippen LogP contribution in [0.4, 0.5) is 36.1 Å². The highest BCUT2D eigenvalue weighted by Crippen LogP contribution is 2.46. The van der Waals surface area contributed by atoms with Gasteiger partial charge < -0.3 is 19.7 Å². The Labute approximate surface area is 171 Å². The summed E-state index contributed by atoms with van der Waals surface area (Å²) >= 11 is 0.584. The third-order valence-electron chi connectivity index (χ3n) is 4.46. The molecule has 0 aromatic carbocycles. The minimum atomic E-state index is -6.03. The van der Waals surface area contributed by atoms with Crippen LogP contribution in [0, 0.1) is 0 Å². The second kappa shape index (κ2) is 8.49. The van der Waals surface area contributed by atoms with E-state index in [-0.39, 0.29) is 6.42 Å². The number of alkyl carbamates (subject to hydrolysis) is 1. The lowest BCUT2D eigenvalue weighted by Gasteiger charge is -2.38. The number of anilines is 1. The van der Waals surface area contributed by atoms with E-state index in [0.717, 1.165) is 17.3 Å². The SMILES string of the molecule is CCOC(=O)NC(Nc1sc2c(c1C(=O)OC)CC[NH+](C)C2)(C(F)(F)F)C(F)(F)F. The van der Waals surface area contributed by atoms with Gasteiger partial charge in [0.1, 0.15) is 11.5 Å². The number of fused-ring (bicyclic) bond motifs is 1. The molecular formula is C16H20F6N3O4S+. The molecule has 0 saturated heterocycles. The first-order chi connectivity index (χ1) is 13.8. The van der Waals surface area contributed by atoms with Crippen molar-refractivity contribution in [2.75, 3.05) is 32.6 Å². The molecule has 14 heteroatoms. The van der Waals surface area contributed by atoms with Crippen LogP contribution < -0.4 is 15.5 Å². The zero-order valence-electron chi connectivity index (χ0n) is 16.1. The molecule has 0 radical (unpaired) electrons. The van der Waals surface area contributed by atoms with Crippen LogP contribution >= 0.6 is 11.3 Å². The number of hydrogen-bond donors (Lipinski definition) is 3. The molecule has 1 unspecified atom stereocenters. The van der Waals surface area contributed by atoms with E-state index >= 15 is 0 Å². The fraction of sp³-hybridized carbons (Fsp3) is 0.625. The second-order valence-corrected chi connectivity index (χ2v) is 7.65. The predicted molar refractivity (Wildman–Crippen MR) is 93.4 cm³/mol. The standard InChI is InChI=1S/C16H19F6N3O4S/c1-4-29-13(27)24-14(15(17,18)19,16(20,21)22)23-11-10(12(26)28-3)8-5-6-25(2)7-9(8)30-11/h23H,4-7H2,1-3H3,(H,24,27)/p+1. The van der Waals surface area contributed by atoms with Gasteiger partial charge in [-0.25, -0.2) is 9.59 Å². The molecule has 2 rings (SSSR count). The molecular weight excluding hydrogens is 444 g/mol. The fourth-order valence-corrected chi connectivity index (χ4v) is 4.40. The van der Waals surface area contributed by atoms with Gasteiger partial charge in [0.2, 0.25) is 0 Å². The number of rotatable bonds is 5. The van der Waals surface area contributed by atoms with E-state index in [1.54, 1.807) is 7.05 Å². The number of halogens is 6. The van der Waals surface area contributed by atoms with Crippen LogP contribution in [0.25, 0.3) is 0 Å². The smallest absolute Gasteiger partial charge is 0.439 e. The number of nitrogens with one attached hydrogen (secondary N) is 3. The summed E-state index contributed by atoms with van der Waals surface area (Å²) < 4.78 is 91.3. The first kappa shape index (κ1) is 24.1. The zero-order chi connectivity index (χ0) is 22.9. The monoisotopic (exact) mass is 464 g/mol. The Morgan fingerprint density at radius 3 is 2.27 bits per heavy atom. The van der Waals surface area contributed by atoms with Crippen LogP contribution in [0.5, 0.6) is 0 Å². The summed E-state index contributed by atoms with van der Waals surface area (Å²) in [6.07, 6.45) is -13.7. The molecule has 0 fully saturated rings. The minimum Gasteiger partial charge on any atom is -0.465 e. The topological polar surface area (TPSA) is 81.1 Å². The van der Waals surface area contributed by atoms with E-state index in [1.807, 2.05) is 0 Å². The van der Waals surface area contributed by atoms with Crippen molar-refractivity contribution in [2.24, 2.45) is 0 Å². The van der Waals surface area contributed by atoms with Crippen molar-refractivity contribution in [3.63, 3.8) is 0 Å². The van der Waals surface area contributed by atoms with Gasteiger partial charge in [-0.1, -0.05) is 0 Å². The number of carbonyl (C=O) groups excluding carboxylic acids is 2. The lowest BCUT2D eigenvalue weighted by Crippen LogP contribution is -3.08. The Kier molecular flexibility index (Phi) is 6.81. The maximum atomic E-state index is 13.7. The van der Waals surface area contributed by atoms with Gasteiger partial charge in [-0.15, -0.1) is 11.3 Å². The number of likely N-dealkylation sites (N-methyl/N-ethyl adjacent to an activating group) is 1. The molecule has 170 valence electrons. The van der Waals surface area contributed by atoms with E-state index in [0.29, 0.717) is 34.9 Å². The fourth-order valence-electron chi connectivity index (χ4n) is 2.99. The molecule has 1 aliphatic rings. The van der Waals surface area contributed by atoms with E-state index in [9.17, 15) is 35.9 Å². The molecule has 0 aliphatic carbocycles. The highest BCUT2D eigenvalue weighted by molar-refractivity contribution is 7.16. The van der Waals surface area contributed by atoms with Crippen LogP contribution in [0.15, 0.2) is 0 Å². The van der Waals surface area contributed by atoms with Crippen LogP contribution in [0.3, 0.4) is 0 Å². The molecule has 2 heterocycles. The number of methoxy groups -OCH3 is 1. The van der Waals surface area contributed by atoms with Crippen LogP contribution in [-0.4, -0.2) is 57.4 Å². The normalized spacial score (nSPS) is 17.2. The number of carbonyl (C=O) groups is 2. The number of hydrogen-bond acceptors (Lipinski definition) is 6. The lowest BCUT2D eigenvalue weighted by atomic mass is 10.0. The van der Waals surface area contributed by atoms with Crippen molar-refractivity contribution < 1.29 is 50.3 Å². The molecule has 1 amide bonds. The van der Waals surface area contributed by atoms with E-state index in [1.165, 1.54) is 12.2 Å².